The number of fused-ring (bicyclic) bond motifs is 1. The van der Waals surface area contributed by atoms with Crippen LogP contribution in [0.2, 0.25) is 0 Å². The summed E-state index contributed by atoms with van der Waals surface area (Å²) in [6, 6.07) is 7.88. The monoisotopic (exact) mass is 202 g/mol. The Hall–Kier alpha value is -1.64. The molecule has 3 heteroatoms. The van der Waals surface area contributed by atoms with Gasteiger partial charge in [0, 0.05) is 11.8 Å². The lowest BCUT2D eigenvalue weighted by Crippen LogP contribution is -2.19. The third-order valence-electron chi connectivity index (χ3n) is 2.62. The van der Waals surface area contributed by atoms with Gasteiger partial charge in [-0.15, -0.1) is 0 Å². The highest BCUT2D eigenvalue weighted by Gasteiger charge is 2.23. The van der Waals surface area contributed by atoms with Crippen molar-refractivity contribution in [1.29, 1.82) is 0 Å². The van der Waals surface area contributed by atoms with Gasteiger partial charge in [-0.2, -0.15) is 0 Å². The molecule has 1 aromatic carbocycles. The first-order valence-corrected chi connectivity index (χ1v) is 5.02. The van der Waals surface area contributed by atoms with Gasteiger partial charge in [0.1, 0.15) is 12.1 Å². The van der Waals surface area contributed by atoms with E-state index in [9.17, 15) is 4.79 Å². The lowest BCUT2D eigenvalue weighted by atomic mass is 9.89. The molecule has 2 rings (SSSR count). The first-order chi connectivity index (χ1) is 7.13. The number of benzene rings is 1. The van der Waals surface area contributed by atoms with Gasteiger partial charge in [0.05, 0.1) is 11.0 Å². The minimum absolute atomic E-state index is 0.221. The third kappa shape index (κ3) is 1.77. The molecular weight excluding hydrogens is 188 g/mol. The number of H-pyrrole nitrogens is 1. The van der Waals surface area contributed by atoms with E-state index in [0.717, 1.165) is 23.1 Å². The molecule has 0 unspecified atom stereocenters. The molecule has 15 heavy (non-hydrogen) atoms. The van der Waals surface area contributed by atoms with Gasteiger partial charge in [-0.3, -0.25) is 0 Å². The Morgan fingerprint density at radius 1 is 1.40 bits per heavy atom. The van der Waals surface area contributed by atoms with Crippen molar-refractivity contribution in [3.63, 3.8) is 0 Å². The Labute approximate surface area is 88.5 Å². The number of aromatic nitrogens is 2. The molecule has 0 spiro atoms. The van der Waals surface area contributed by atoms with Crippen LogP contribution in [0.3, 0.4) is 0 Å². The van der Waals surface area contributed by atoms with E-state index in [-0.39, 0.29) is 5.41 Å². The lowest BCUT2D eigenvalue weighted by Gasteiger charge is -2.18. The number of aldehydes is 1. The maximum atomic E-state index is 10.6. The second-order valence-corrected chi connectivity index (χ2v) is 4.36. The summed E-state index contributed by atoms with van der Waals surface area (Å²) >= 11 is 0. The molecule has 0 amide bonds. The Morgan fingerprint density at radius 2 is 2.13 bits per heavy atom. The molecule has 0 saturated heterocycles. The van der Waals surface area contributed by atoms with E-state index >= 15 is 0 Å². The van der Waals surface area contributed by atoms with Gasteiger partial charge in [-0.1, -0.05) is 26.0 Å². The van der Waals surface area contributed by atoms with Crippen LogP contribution in [0.25, 0.3) is 11.0 Å². The van der Waals surface area contributed by atoms with Crippen molar-refractivity contribution in [2.75, 3.05) is 0 Å². The maximum absolute atomic E-state index is 10.6. The van der Waals surface area contributed by atoms with Crippen molar-refractivity contribution in [2.45, 2.75) is 25.7 Å². The summed E-state index contributed by atoms with van der Waals surface area (Å²) in [7, 11) is 0. The topological polar surface area (TPSA) is 45.8 Å². The van der Waals surface area contributed by atoms with E-state index in [0.29, 0.717) is 6.42 Å². The average Bonchev–Trinajstić information content (AvgIpc) is 2.61. The predicted molar refractivity (Wildman–Crippen MR) is 59.8 cm³/mol. The van der Waals surface area contributed by atoms with E-state index < -0.39 is 0 Å². The normalized spacial score (nSPS) is 11.9. The summed E-state index contributed by atoms with van der Waals surface area (Å²) in [5.74, 6) is 0.871. The standard InChI is InChI=1S/C12H14N2O/c1-12(2,7-8-15)11-13-9-5-3-4-6-10(9)14-11/h3-6,8H,7H2,1-2H3,(H,13,14). The Morgan fingerprint density at radius 3 is 2.80 bits per heavy atom. The van der Waals surface area contributed by atoms with Crippen molar-refractivity contribution in [3.8, 4) is 0 Å². The van der Waals surface area contributed by atoms with E-state index in [1.54, 1.807) is 0 Å². The van der Waals surface area contributed by atoms with Crippen LogP contribution in [0.5, 0.6) is 0 Å². The van der Waals surface area contributed by atoms with Crippen molar-refractivity contribution in [1.82, 2.24) is 9.97 Å². The summed E-state index contributed by atoms with van der Waals surface area (Å²) in [6.07, 6.45) is 1.42. The zero-order chi connectivity index (χ0) is 10.9. The van der Waals surface area contributed by atoms with Crippen LogP contribution in [0, 0.1) is 0 Å². The summed E-state index contributed by atoms with van der Waals surface area (Å²) in [4.78, 5) is 18.3. The minimum Gasteiger partial charge on any atom is -0.342 e. The van der Waals surface area contributed by atoms with Gasteiger partial charge in [0.2, 0.25) is 0 Å². The number of nitrogens with zero attached hydrogens (tertiary/aromatic N) is 1. The molecule has 78 valence electrons. The Kier molecular flexibility index (Phi) is 2.31. The number of carbonyl (C=O) groups excluding carboxylic acids is 1. The quantitative estimate of drug-likeness (QED) is 0.777. The molecule has 1 heterocycles. The fourth-order valence-corrected chi connectivity index (χ4v) is 1.58. The van der Waals surface area contributed by atoms with Crippen LogP contribution >= 0.6 is 0 Å². The number of hydrogen-bond donors (Lipinski definition) is 1. The number of imidazole rings is 1. The molecule has 1 aromatic heterocycles. The van der Waals surface area contributed by atoms with E-state index in [4.69, 9.17) is 0 Å². The van der Waals surface area contributed by atoms with Crippen molar-refractivity contribution < 1.29 is 4.79 Å². The molecule has 0 aliphatic rings. The SMILES string of the molecule is CC(C)(CC=O)c1nc2ccccc2[nH]1. The lowest BCUT2D eigenvalue weighted by molar-refractivity contribution is -0.108. The van der Waals surface area contributed by atoms with Crippen molar-refractivity contribution in [3.05, 3.63) is 30.1 Å². The van der Waals surface area contributed by atoms with Gasteiger partial charge in [0.15, 0.2) is 0 Å². The van der Waals surface area contributed by atoms with Crippen LogP contribution in [0.1, 0.15) is 26.1 Å². The number of carbonyl (C=O) groups is 1. The number of nitrogens with one attached hydrogen (secondary N) is 1. The van der Waals surface area contributed by atoms with Gasteiger partial charge >= 0.3 is 0 Å². The van der Waals surface area contributed by atoms with Crippen LogP contribution < -0.4 is 0 Å². The first-order valence-electron chi connectivity index (χ1n) is 5.02. The molecule has 0 aliphatic carbocycles. The van der Waals surface area contributed by atoms with Crippen molar-refractivity contribution in [2.24, 2.45) is 0 Å². The molecule has 0 bridgehead atoms. The smallest absolute Gasteiger partial charge is 0.120 e. The largest absolute Gasteiger partial charge is 0.342 e. The van der Waals surface area contributed by atoms with Gasteiger partial charge in [-0.05, 0) is 12.1 Å². The van der Waals surface area contributed by atoms with Crippen LogP contribution in [0.15, 0.2) is 24.3 Å². The summed E-state index contributed by atoms with van der Waals surface area (Å²) in [5, 5.41) is 0. The minimum atomic E-state index is -0.221. The summed E-state index contributed by atoms with van der Waals surface area (Å²) < 4.78 is 0. The number of hydrogen-bond acceptors (Lipinski definition) is 2. The van der Waals surface area contributed by atoms with Gasteiger partial charge in [0.25, 0.3) is 0 Å². The second kappa shape index (κ2) is 3.50. The Bertz CT molecular complexity index is 452. The molecule has 1 N–H and O–H groups in total. The van der Waals surface area contributed by atoms with Gasteiger partial charge in [-0.25, -0.2) is 4.98 Å². The zero-order valence-corrected chi connectivity index (χ0v) is 8.95. The van der Waals surface area contributed by atoms with Crippen LogP contribution in [0.4, 0.5) is 0 Å². The highest BCUT2D eigenvalue weighted by atomic mass is 16.1. The Balaban J connectivity index is 2.48. The first kappa shape index (κ1) is 9.90. The fourth-order valence-electron chi connectivity index (χ4n) is 1.58. The molecule has 0 radical (unpaired) electrons. The highest BCUT2D eigenvalue weighted by molar-refractivity contribution is 5.75. The number of aromatic amines is 1. The number of para-hydroxylation sites is 2. The molecule has 0 aliphatic heterocycles. The molecule has 0 fully saturated rings. The van der Waals surface area contributed by atoms with Crippen LogP contribution in [-0.2, 0) is 10.2 Å². The predicted octanol–water partition coefficient (Wildman–Crippen LogP) is 2.43. The molecular formula is C12H14N2O. The second-order valence-electron chi connectivity index (χ2n) is 4.36. The number of rotatable bonds is 3. The molecule has 0 saturated carbocycles. The van der Waals surface area contributed by atoms with Crippen molar-refractivity contribution >= 4 is 17.3 Å². The molecule has 3 nitrogen and oxygen atoms in total. The van der Waals surface area contributed by atoms with Crippen LogP contribution in [-0.4, -0.2) is 16.3 Å². The third-order valence-corrected chi connectivity index (χ3v) is 2.62. The van der Waals surface area contributed by atoms with E-state index in [2.05, 4.69) is 9.97 Å². The fraction of sp³-hybridized carbons (Fsp3) is 0.333. The summed E-state index contributed by atoms with van der Waals surface area (Å²) in [5.41, 5.74) is 1.75. The maximum Gasteiger partial charge on any atom is 0.120 e. The highest BCUT2D eigenvalue weighted by Crippen LogP contribution is 2.25. The van der Waals surface area contributed by atoms with Gasteiger partial charge < -0.3 is 9.78 Å². The molecule has 2 aromatic rings. The molecule has 0 atom stereocenters. The van der Waals surface area contributed by atoms with E-state index in [1.165, 1.54) is 0 Å². The van der Waals surface area contributed by atoms with E-state index in [1.807, 2.05) is 38.1 Å². The average molecular weight is 202 g/mol. The summed E-state index contributed by atoms with van der Waals surface area (Å²) in [6.45, 7) is 4.03. The zero-order valence-electron chi connectivity index (χ0n) is 8.95.